The Kier molecular flexibility index (Phi) is 6.25. The number of hydrogen-bond acceptors (Lipinski definition) is 4. The van der Waals surface area contributed by atoms with Gasteiger partial charge in [0.25, 0.3) is 5.91 Å². The fraction of sp³-hybridized carbons (Fsp3) is 0.500. The van der Waals surface area contributed by atoms with Crippen LogP contribution in [-0.4, -0.2) is 63.6 Å². The number of imidazole rings is 1. The summed E-state index contributed by atoms with van der Waals surface area (Å²) in [6.45, 7) is 7.55. The third-order valence-corrected chi connectivity index (χ3v) is 4.96. The van der Waals surface area contributed by atoms with Gasteiger partial charge in [0.05, 0.1) is 6.33 Å². The normalized spacial score (nSPS) is 17.1. The fourth-order valence-electron chi connectivity index (χ4n) is 3.57. The van der Waals surface area contributed by atoms with E-state index >= 15 is 0 Å². The first kappa shape index (κ1) is 20.9. The Labute approximate surface area is 172 Å². The Morgan fingerprint density at radius 3 is 2.59 bits per heavy atom. The number of ether oxygens (including phenoxy) is 1. The number of piperidine rings is 1. The number of carbonyl (C=O) groups is 2. The maximum Gasteiger partial charge on any atom is 0.410 e. The average molecular weight is 399 g/mol. The molecule has 0 bridgehead atoms. The van der Waals surface area contributed by atoms with Crippen molar-refractivity contribution in [2.24, 2.45) is 5.92 Å². The smallest absolute Gasteiger partial charge is 0.410 e. The van der Waals surface area contributed by atoms with Gasteiger partial charge in [-0.25, -0.2) is 9.78 Å². The van der Waals surface area contributed by atoms with Crippen molar-refractivity contribution in [1.82, 2.24) is 19.4 Å². The van der Waals surface area contributed by atoms with Crippen molar-refractivity contribution in [3.8, 4) is 5.69 Å². The predicted molar refractivity (Wildman–Crippen MR) is 111 cm³/mol. The lowest BCUT2D eigenvalue weighted by molar-refractivity contribution is 0.0244. The number of nitrogens with zero attached hydrogens (tertiary/aromatic N) is 4. The lowest BCUT2D eigenvalue weighted by Gasteiger charge is -2.35. The van der Waals surface area contributed by atoms with Crippen LogP contribution < -0.4 is 0 Å². The Morgan fingerprint density at radius 1 is 1.24 bits per heavy atom. The van der Waals surface area contributed by atoms with Crippen molar-refractivity contribution in [3.05, 3.63) is 48.5 Å². The second-order valence-corrected chi connectivity index (χ2v) is 8.64. The van der Waals surface area contributed by atoms with Crippen LogP contribution in [0.3, 0.4) is 0 Å². The van der Waals surface area contributed by atoms with E-state index in [1.165, 1.54) is 0 Å². The lowest BCUT2D eigenvalue weighted by atomic mass is 9.97. The molecule has 1 aromatic heterocycles. The number of benzene rings is 1. The van der Waals surface area contributed by atoms with Crippen LogP contribution in [0.1, 0.15) is 44.0 Å². The van der Waals surface area contributed by atoms with Gasteiger partial charge in [-0.3, -0.25) is 4.79 Å². The highest BCUT2D eigenvalue weighted by Gasteiger charge is 2.27. The average Bonchev–Trinajstić information content (AvgIpc) is 3.21. The third-order valence-electron chi connectivity index (χ3n) is 4.96. The van der Waals surface area contributed by atoms with Crippen LogP contribution in [0.5, 0.6) is 0 Å². The molecular weight excluding hydrogens is 368 g/mol. The minimum absolute atomic E-state index is 0.0341. The molecule has 2 amide bonds. The molecule has 1 atom stereocenters. The summed E-state index contributed by atoms with van der Waals surface area (Å²) < 4.78 is 7.33. The molecular formula is C22H30N4O3. The van der Waals surface area contributed by atoms with Crippen LogP contribution in [0.15, 0.2) is 43.0 Å². The van der Waals surface area contributed by atoms with E-state index in [9.17, 15) is 9.59 Å². The van der Waals surface area contributed by atoms with Crippen LogP contribution in [0.25, 0.3) is 5.69 Å². The zero-order chi connectivity index (χ0) is 21.0. The molecule has 1 aliphatic heterocycles. The number of rotatable bonds is 4. The molecule has 0 N–H and O–H groups in total. The van der Waals surface area contributed by atoms with Gasteiger partial charge in [0.15, 0.2) is 0 Å². The van der Waals surface area contributed by atoms with E-state index < -0.39 is 5.60 Å². The van der Waals surface area contributed by atoms with Crippen LogP contribution in [0, 0.1) is 5.92 Å². The Bertz CT molecular complexity index is 825. The molecule has 1 unspecified atom stereocenters. The van der Waals surface area contributed by atoms with Crippen molar-refractivity contribution in [3.63, 3.8) is 0 Å². The number of hydrogen-bond donors (Lipinski definition) is 0. The highest BCUT2D eigenvalue weighted by molar-refractivity contribution is 5.94. The maximum absolute atomic E-state index is 13.0. The number of amides is 2. The van der Waals surface area contributed by atoms with Crippen LogP contribution >= 0.6 is 0 Å². The zero-order valence-corrected chi connectivity index (χ0v) is 17.7. The van der Waals surface area contributed by atoms with Gasteiger partial charge in [-0.1, -0.05) is 0 Å². The van der Waals surface area contributed by atoms with Crippen LogP contribution in [0.4, 0.5) is 4.79 Å². The molecule has 7 nitrogen and oxygen atoms in total. The summed E-state index contributed by atoms with van der Waals surface area (Å²) in [5, 5.41) is 0. The summed E-state index contributed by atoms with van der Waals surface area (Å²) in [5.74, 6) is 0.280. The van der Waals surface area contributed by atoms with Crippen molar-refractivity contribution < 1.29 is 14.3 Å². The largest absolute Gasteiger partial charge is 0.444 e. The summed E-state index contributed by atoms with van der Waals surface area (Å²) in [7, 11) is 1.75. The second kappa shape index (κ2) is 8.68. The molecule has 2 aromatic rings. The zero-order valence-electron chi connectivity index (χ0n) is 17.7. The van der Waals surface area contributed by atoms with Gasteiger partial charge >= 0.3 is 6.09 Å². The second-order valence-electron chi connectivity index (χ2n) is 8.64. The molecule has 3 rings (SSSR count). The maximum atomic E-state index is 13.0. The summed E-state index contributed by atoms with van der Waals surface area (Å²) in [4.78, 5) is 32.7. The van der Waals surface area contributed by atoms with Crippen LogP contribution in [0.2, 0.25) is 0 Å². The Balaban J connectivity index is 1.58. The number of carbonyl (C=O) groups excluding carboxylic acids is 2. The molecule has 2 heterocycles. The minimum Gasteiger partial charge on any atom is -0.444 e. The van der Waals surface area contributed by atoms with Gasteiger partial charge < -0.3 is 19.1 Å². The van der Waals surface area contributed by atoms with Crippen molar-refractivity contribution in [1.29, 1.82) is 0 Å². The van der Waals surface area contributed by atoms with Crippen molar-refractivity contribution in [2.45, 2.75) is 39.2 Å². The molecule has 156 valence electrons. The first-order valence-corrected chi connectivity index (χ1v) is 10.0. The summed E-state index contributed by atoms with van der Waals surface area (Å²) in [6, 6.07) is 7.56. The van der Waals surface area contributed by atoms with Gasteiger partial charge in [0.1, 0.15) is 5.60 Å². The van der Waals surface area contributed by atoms with E-state index in [4.69, 9.17) is 4.74 Å². The Morgan fingerprint density at radius 2 is 1.97 bits per heavy atom. The molecule has 0 saturated carbocycles. The van der Waals surface area contributed by atoms with Gasteiger partial charge in [0, 0.05) is 50.3 Å². The minimum atomic E-state index is -0.511. The molecule has 7 heteroatoms. The van der Waals surface area contributed by atoms with E-state index in [0.29, 0.717) is 18.7 Å². The standard InChI is InChI=1S/C22H30N4O3/c1-22(2,3)29-21(28)24(4)14-17-6-5-12-25(15-17)20(27)18-7-9-19(10-8-18)26-13-11-23-16-26/h7-11,13,16-17H,5-6,12,14-15H2,1-4H3. The van der Waals surface area contributed by atoms with Crippen LogP contribution in [-0.2, 0) is 4.74 Å². The summed E-state index contributed by atoms with van der Waals surface area (Å²) in [5.41, 5.74) is 1.13. The van der Waals surface area contributed by atoms with Gasteiger partial charge in [0.2, 0.25) is 0 Å². The highest BCUT2D eigenvalue weighted by atomic mass is 16.6. The third kappa shape index (κ3) is 5.59. The lowest BCUT2D eigenvalue weighted by Crippen LogP contribution is -2.45. The topological polar surface area (TPSA) is 67.7 Å². The van der Waals surface area contributed by atoms with Gasteiger partial charge in [-0.15, -0.1) is 0 Å². The van der Waals surface area contributed by atoms with E-state index in [2.05, 4.69) is 4.98 Å². The monoisotopic (exact) mass is 398 g/mol. The van der Waals surface area contributed by atoms with Crippen molar-refractivity contribution >= 4 is 12.0 Å². The van der Waals surface area contributed by atoms with Gasteiger partial charge in [-0.2, -0.15) is 0 Å². The molecule has 0 spiro atoms. The molecule has 29 heavy (non-hydrogen) atoms. The van der Waals surface area contributed by atoms with E-state index in [1.807, 2.05) is 60.7 Å². The first-order valence-electron chi connectivity index (χ1n) is 10.0. The molecule has 1 saturated heterocycles. The summed E-state index contributed by atoms with van der Waals surface area (Å²) in [6.07, 6.45) is 6.93. The predicted octanol–water partition coefficient (Wildman–Crippen LogP) is 3.59. The van der Waals surface area contributed by atoms with E-state index in [-0.39, 0.29) is 17.9 Å². The van der Waals surface area contributed by atoms with Crippen molar-refractivity contribution in [2.75, 3.05) is 26.7 Å². The van der Waals surface area contributed by atoms with Gasteiger partial charge in [-0.05, 0) is 63.8 Å². The molecule has 0 radical (unpaired) electrons. The number of likely N-dealkylation sites (tertiary alicyclic amines) is 1. The molecule has 0 aliphatic carbocycles. The quantitative estimate of drug-likeness (QED) is 0.789. The molecule has 1 aliphatic rings. The first-order chi connectivity index (χ1) is 13.7. The van der Waals surface area contributed by atoms with E-state index in [0.717, 1.165) is 25.1 Å². The molecule has 1 aromatic carbocycles. The highest BCUT2D eigenvalue weighted by Crippen LogP contribution is 2.21. The number of aromatic nitrogens is 2. The fourth-order valence-corrected chi connectivity index (χ4v) is 3.57. The molecule has 1 fully saturated rings. The Hall–Kier alpha value is -2.83. The van der Waals surface area contributed by atoms with E-state index in [1.54, 1.807) is 24.5 Å². The SMILES string of the molecule is CN(CC1CCCN(C(=O)c2ccc(-n3ccnc3)cc2)C1)C(=O)OC(C)(C)C. The summed E-state index contributed by atoms with van der Waals surface area (Å²) >= 11 is 0.